The Morgan fingerprint density at radius 1 is 1.21 bits per heavy atom. The Bertz CT molecular complexity index is 897. The summed E-state index contributed by atoms with van der Waals surface area (Å²) in [5.41, 5.74) is 9.38. The summed E-state index contributed by atoms with van der Waals surface area (Å²) < 4.78 is 37.3. The maximum atomic E-state index is 13.8. The van der Waals surface area contributed by atoms with E-state index in [0.717, 1.165) is 30.7 Å². The van der Waals surface area contributed by atoms with E-state index in [2.05, 4.69) is 20.9 Å². The molecule has 0 bridgehead atoms. The van der Waals surface area contributed by atoms with E-state index in [4.69, 9.17) is 15.2 Å². The number of aliphatic imine (C=N–C) groups is 1. The number of nitrogens with two attached hydrogens (primary N) is 1. The SMILES string of the molecule is CN=C1C=C(C)NC(N)(c2cc3c(c(C4=CCNCCC4)c2)OC(F)(F)O3)N1. The predicted octanol–water partition coefficient (Wildman–Crippen LogP) is 1.97. The monoisotopic (exact) mass is 391 g/mol. The van der Waals surface area contributed by atoms with Crippen molar-refractivity contribution in [2.75, 3.05) is 20.1 Å². The zero-order valence-corrected chi connectivity index (χ0v) is 15.7. The molecular formula is C19H23F2N5O2. The van der Waals surface area contributed by atoms with Crippen LogP contribution in [0.3, 0.4) is 0 Å². The summed E-state index contributed by atoms with van der Waals surface area (Å²) in [4.78, 5) is 4.15. The Balaban J connectivity index is 1.83. The highest BCUT2D eigenvalue weighted by atomic mass is 19.3. The van der Waals surface area contributed by atoms with Gasteiger partial charge in [0, 0.05) is 30.4 Å². The molecule has 1 aromatic carbocycles. The van der Waals surface area contributed by atoms with Crippen molar-refractivity contribution < 1.29 is 18.3 Å². The fourth-order valence-corrected chi connectivity index (χ4v) is 3.65. The van der Waals surface area contributed by atoms with Gasteiger partial charge in [-0.2, -0.15) is 0 Å². The van der Waals surface area contributed by atoms with Gasteiger partial charge in [0.15, 0.2) is 17.3 Å². The first-order valence-electron chi connectivity index (χ1n) is 9.14. The van der Waals surface area contributed by atoms with Crippen molar-refractivity contribution in [3.63, 3.8) is 0 Å². The van der Waals surface area contributed by atoms with Crippen molar-refractivity contribution in [3.8, 4) is 11.5 Å². The smallest absolute Gasteiger partial charge is 0.395 e. The molecule has 0 aromatic heterocycles. The van der Waals surface area contributed by atoms with Crippen LogP contribution in [0.1, 0.15) is 30.9 Å². The van der Waals surface area contributed by atoms with Crippen molar-refractivity contribution >= 4 is 11.4 Å². The zero-order valence-electron chi connectivity index (χ0n) is 15.7. The molecule has 1 unspecified atom stereocenters. The van der Waals surface area contributed by atoms with Crippen LogP contribution in [0.25, 0.3) is 5.57 Å². The van der Waals surface area contributed by atoms with Gasteiger partial charge in [0.05, 0.1) is 0 Å². The lowest BCUT2D eigenvalue weighted by atomic mass is 9.94. The second-order valence-electron chi connectivity index (χ2n) is 7.05. The summed E-state index contributed by atoms with van der Waals surface area (Å²) in [6.45, 7) is 3.37. The molecule has 3 aliphatic heterocycles. The quantitative estimate of drug-likeness (QED) is 0.616. The number of halogens is 2. The fraction of sp³-hybridized carbons (Fsp3) is 0.421. The van der Waals surface area contributed by atoms with Gasteiger partial charge in [-0.1, -0.05) is 6.08 Å². The molecule has 3 aliphatic rings. The lowest BCUT2D eigenvalue weighted by Gasteiger charge is -2.37. The Morgan fingerprint density at radius 2 is 2.04 bits per heavy atom. The summed E-state index contributed by atoms with van der Waals surface area (Å²) >= 11 is 0. The van der Waals surface area contributed by atoms with Gasteiger partial charge in [-0.05, 0) is 50.1 Å². The van der Waals surface area contributed by atoms with Crippen molar-refractivity contribution in [3.05, 3.63) is 41.1 Å². The Morgan fingerprint density at radius 3 is 2.82 bits per heavy atom. The molecule has 0 spiro atoms. The average Bonchev–Trinajstić information content (AvgIpc) is 2.80. The van der Waals surface area contributed by atoms with Crippen molar-refractivity contribution in [2.24, 2.45) is 10.7 Å². The van der Waals surface area contributed by atoms with Crippen LogP contribution in [-0.4, -0.2) is 32.3 Å². The molecule has 0 radical (unpaired) electrons. The molecular weight excluding hydrogens is 368 g/mol. The van der Waals surface area contributed by atoms with E-state index in [9.17, 15) is 8.78 Å². The van der Waals surface area contributed by atoms with Gasteiger partial charge < -0.3 is 25.4 Å². The van der Waals surface area contributed by atoms with Crippen LogP contribution < -0.4 is 31.2 Å². The number of ether oxygens (including phenoxy) is 2. The first kappa shape index (κ1) is 18.7. The predicted molar refractivity (Wildman–Crippen MR) is 102 cm³/mol. The van der Waals surface area contributed by atoms with E-state index in [-0.39, 0.29) is 11.5 Å². The van der Waals surface area contributed by atoms with E-state index in [1.54, 1.807) is 13.1 Å². The first-order chi connectivity index (χ1) is 13.3. The fourth-order valence-electron chi connectivity index (χ4n) is 3.65. The van der Waals surface area contributed by atoms with Gasteiger partial charge in [0.1, 0.15) is 5.84 Å². The highest BCUT2D eigenvalue weighted by Gasteiger charge is 2.46. The second-order valence-corrected chi connectivity index (χ2v) is 7.05. The number of amidine groups is 1. The van der Waals surface area contributed by atoms with Crippen molar-refractivity contribution in [2.45, 2.75) is 31.8 Å². The number of hydrogen-bond donors (Lipinski definition) is 4. The van der Waals surface area contributed by atoms with E-state index < -0.39 is 12.1 Å². The van der Waals surface area contributed by atoms with Crippen LogP contribution in [0.2, 0.25) is 0 Å². The molecule has 7 nitrogen and oxygen atoms in total. The molecule has 3 heterocycles. The molecule has 0 saturated carbocycles. The molecule has 4 rings (SSSR count). The lowest BCUT2D eigenvalue weighted by molar-refractivity contribution is -0.286. The Labute approximate surface area is 161 Å². The number of rotatable bonds is 2. The minimum absolute atomic E-state index is 0.0359. The van der Waals surface area contributed by atoms with Gasteiger partial charge in [0.25, 0.3) is 0 Å². The summed E-state index contributed by atoms with van der Waals surface area (Å²) in [5.74, 6) is -0.646. The van der Waals surface area contributed by atoms with Gasteiger partial charge in [-0.3, -0.25) is 10.7 Å². The molecule has 0 aliphatic carbocycles. The zero-order chi connectivity index (χ0) is 19.9. The van der Waals surface area contributed by atoms with E-state index in [0.29, 0.717) is 23.5 Å². The van der Waals surface area contributed by atoms with Crippen LogP contribution >= 0.6 is 0 Å². The highest BCUT2D eigenvalue weighted by Crippen LogP contribution is 2.48. The molecule has 1 atom stereocenters. The minimum atomic E-state index is -3.71. The minimum Gasteiger partial charge on any atom is -0.395 e. The summed E-state index contributed by atoms with van der Waals surface area (Å²) in [6, 6.07) is 3.24. The molecule has 1 aromatic rings. The first-order valence-corrected chi connectivity index (χ1v) is 9.14. The van der Waals surface area contributed by atoms with Gasteiger partial charge in [-0.25, -0.2) is 0 Å². The number of fused-ring (bicyclic) bond motifs is 1. The number of alkyl halides is 2. The lowest BCUT2D eigenvalue weighted by Crippen LogP contribution is -2.64. The molecule has 28 heavy (non-hydrogen) atoms. The van der Waals surface area contributed by atoms with Crippen LogP contribution in [-0.2, 0) is 5.79 Å². The summed E-state index contributed by atoms with van der Waals surface area (Å²) in [6.07, 6.45) is 1.71. The molecule has 150 valence electrons. The second kappa shape index (κ2) is 6.75. The summed E-state index contributed by atoms with van der Waals surface area (Å²) in [5, 5.41) is 9.53. The maximum absolute atomic E-state index is 13.8. The number of nitrogens with zero attached hydrogens (tertiary/aromatic N) is 1. The topological polar surface area (TPSA) is 92.9 Å². The number of allylic oxidation sites excluding steroid dienone is 2. The van der Waals surface area contributed by atoms with Crippen LogP contribution in [0.15, 0.2) is 35.0 Å². The standard InChI is InChI=1S/C19H23F2N5O2/c1-11-8-16(23-2)26-18(22,25-11)13-9-14(12-4-3-6-24-7-5-12)17-15(10-13)27-19(20,21)28-17/h5,8-10,24-25H,3-4,6-7,22H2,1-2H3,(H,23,26). The van der Waals surface area contributed by atoms with Crippen LogP contribution in [0.5, 0.6) is 11.5 Å². The Hall–Kier alpha value is -2.65. The Kier molecular flexibility index (Phi) is 4.51. The van der Waals surface area contributed by atoms with Crippen LogP contribution in [0, 0.1) is 0 Å². The van der Waals surface area contributed by atoms with Gasteiger partial charge in [0.2, 0.25) is 0 Å². The maximum Gasteiger partial charge on any atom is 0.586 e. The van der Waals surface area contributed by atoms with Crippen molar-refractivity contribution in [1.29, 1.82) is 0 Å². The molecule has 9 heteroatoms. The molecule has 0 saturated heterocycles. The van der Waals surface area contributed by atoms with Crippen LogP contribution in [0.4, 0.5) is 8.78 Å². The van der Waals surface area contributed by atoms with E-state index in [1.165, 1.54) is 6.07 Å². The van der Waals surface area contributed by atoms with Gasteiger partial charge >= 0.3 is 6.29 Å². The molecule has 5 N–H and O–H groups in total. The third kappa shape index (κ3) is 3.43. The molecule has 0 fully saturated rings. The van der Waals surface area contributed by atoms with E-state index in [1.807, 2.05) is 19.1 Å². The number of hydrogen-bond acceptors (Lipinski definition) is 6. The summed E-state index contributed by atoms with van der Waals surface area (Å²) in [7, 11) is 1.65. The number of benzene rings is 1. The normalized spacial score (nSPS) is 27.4. The number of nitrogens with one attached hydrogen (secondary N) is 3. The van der Waals surface area contributed by atoms with E-state index >= 15 is 0 Å². The average molecular weight is 391 g/mol. The van der Waals surface area contributed by atoms with Crippen molar-refractivity contribution in [1.82, 2.24) is 16.0 Å². The third-order valence-electron chi connectivity index (χ3n) is 4.91. The highest BCUT2D eigenvalue weighted by molar-refractivity contribution is 5.95. The largest absolute Gasteiger partial charge is 0.586 e. The van der Waals surface area contributed by atoms with Gasteiger partial charge in [-0.15, -0.1) is 8.78 Å². The third-order valence-corrected chi connectivity index (χ3v) is 4.91. The molecule has 0 amide bonds.